The summed E-state index contributed by atoms with van der Waals surface area (Å²) in [6, 6.07) is 7.95. The van der Waals surface area contributed by atoms with Crippen LogP contribution >= 0.6 is 23.2 Å². The molecular formula is C20H11Cl2N7O8S. The highest BCUT2D eigenvalue weighted by atomic mass is 35.5. The molecule has 38 heavy (non-hydrogen) atoms. The van der Waals surface area contributed by atoms with Crippen LogP contribution in [0.15, 0.2) is 57.6 Å². The van der Waals surface area contributed by atoms with Crippen LogP contribution in [-0.2, 0) is 10.1 Å². The Hall–Kier alpha value is -4.51. The third kappa shape index (κ3) is 5.00. The maximum Gasteiger partial charge on any atom is 0.303 e. The van der Waals surface area contributed by atoms with Crippen molar-refractivity contribution in [1.82, 2.24) is 9.97 Å². The predicted octanol–water partition coefficient (Wildman–Crippen LogP) is 5.37. The van der Waals surface area contributed by atoms with E-state index in [0.717, 1.165) is 12.1 Å². The number of azo groups is 1. The minimum atomic E-state index is -5.15. The number of phenols is 1. The van der Waals surface area contributed by atoms with Crippen LogP contribution in [0.1, 0.15) is 0 Å². The largest absolute Gasteiger partial charge is 0.505 e. The molecule has 0 saturated carbocycles. The first kappa shape index (κ1) is 26.6. The number of anilines is 1. The molecule has 4 aromatic rings. The van der Waals surface area contributed by atoms with E-state index in [4.69, 9.17) is 28.9 Å². The molecule has 0 unspecified atom stereocenters. The zero-order chi connectivity index (χ0) is 27.9. The molecule has 0 radical (unpaired) electrons. The molecule has 15 nitrogen and oxygen atoms in total. The highest BCUT2D eigenvalue weighted by Gasteiger charge is 2.27. The number of hydrogen-bond acceptors (Lipinski definition) is 12. The molecule has 1 heterocycles. The second-order valence-corrected chi connectivity index (χ2v) is 9.49. The third-order valence-electron chi connectivity index (χ3n) is 5.09. The number of aromatic nitrogens is 2. The number of nitrogens with two attached hydrogens (primary N) is 1. The van der Waals surface area contributed by atoms with Crippen molar-refractivity contribution in [3.05, 3.63) is 73.1 Å². The molecule has 0 aliphatic rings. The van der Waals surface area contributed by atoms with Crippen molar-refractivity contribution < 1.29 is 27.9 Å². The van der Waals surface area contributed by atoms with Crippen LogP contribution in [0.25, 0.3) is 22.0 Å². The zero-order valence-electron chi connectivity index (χ0n) is 18.3. The van der Waals surface area contributed by atoms with Crippen molar-refractivity contribution in [3.8, 4) is 17.0 Å². The normalized spacial score (nSPS) is 11.8. The van der Waals surface area contributed by atoms with E-state index in [2.05, 4.69) is 20.2 Å². The molecule has 0 aliphatic heterocycles. The number of nitrogen functional groups attached to an aromatic ring is 1. The van der Waals surface area contributed by atoms with Gasteiger partial charge in [0, 0.05) is 28.5 Å². The molecule has 0 saturated heterocycles. The minimum absolute atomic E-state index is 0.0191. The van der Waals surface area contributed by atoms with Crippen LogP contribution in [0, 0.1) is 20.2 Å². The number of hydrogen-bond donors (Lipinski definition) is 3. The van der Waals surface area contributed by atoms with Crippen LogP contribution < -0.4 is 5.73 Å². The van der Waals surface area contributed by atoms with E-state index in [1.165, 1.54) is 24.3 Å². The van der Waals surface area contributed by atoms with Crippen molar-refractivity contribution in [2.24, 2.45) is 10.2 Å². The molecule has 4 N–H and O–H groups in total. The van der Waals surface area contributed by atoms with E-state index >= 15 is 0 Å². The average Bonchev–Trinajstić information content (AvgIpc) is 2.83. The van der Waals surface area contributed by atoms with Gasteiger partial charge in [0.2, 0.25) is 5.28 Å². The number of rotatable bonds is 6. The van der Waals surface area contributed by atoms with E-state index in [-0.39, 0.29) is 26.9 Å². The smallest absolute Gasteiger partial charge is 0.303 e. The number of benzene rings is 3. The van der Waals surface area contributed by atoms with Gasteiger partial charge in [-0.25, -0.2) is 9.97 Å². The number of fused-ring (bicyclic) bond motifs is 1. The Bertz CT molecular complexity index is 1800. The van der Waals surface area contributed by atoms with Crippen LogP contribution in [0.2, 0.25) is 10.4 Å². The summed E-state index contributed by atoms with van der Waals surface area (Å²) in [6.07, 6.45) is 0. The maximum atomic E-state index is 12.2. The number of halogens is 2. The van der Waals surface area contributed by atoms with Crippen molar-refractivity contribution in [1.29, 1.82) is 0 Å². The Morgan fingerprint density at radius 1 is 0.947 bits per heavy atom. The highest BCUT2D eigenvalue weighted by Crippen LogP contribution is 2.47. The maximum absolute atomic E-state index is 12.2. The molecule has 0 aliphatic carbocycles. The van der Waals surface area contributed by atoms with E-state index in [1.807, 2.05) is 0 Å². The average molecular weight is 580 g/mol. The Balaban J connectivity index is 1.95. The Kier molecular flexibility index (Phi) is 6.81. The van der Waals surface area contributed by atoms with Gasteiger partial charge in [-0.2, -0.15) is 8.42 Å². The van der Waals surface area contributed by atoms with Gasteiger partial charge in [-0.1, -0.05) is 17.7 Å². The molecule has 3 aromatic carbocycles. The van der Waals surface area contributed by atoms with Crippen molar-refractivity contribution in [3.63, 3.8) is 0 Å². The van der Waals surface area contributed by atoms with Gasteiger partial charge in [0.15, 0.2) is 17.1 Å². The summed E-state index contributed by atoms with van der Waals surface area (Å²) in [6.45, 7) is 0. The summed E-state index contributed by atoms with van der Waals surface area (Å²) in [4.78, 5) is 27.2. The molecule has 0 spiro atoms. The van der Waals surface area contributed by atoms with Crippen molar-refractivity contribution in [2.45, 2.75) is 4.90 Å². The molecule has 0 bridgehead atoms. The lowest BCUT2D eigenvalue weighted by Gasteiger charge is -2.13. The Morgan fingerprint density at radius 3 is 2.26 bits per heavy atom. The van der Waals surface area contributed by atoms with E-state index in [1.54, 1.807) is 0 Å². The van der Waals surface area contributed by atoms with E-state index in [9.17, 15) is 38.3 Å². The van der Waals surface area contributed by atoms with E-state index < -0.39 is 59.0 Å². The van der Waals surface area contributed by atoms with Gasteiger partial charge in [0.25, 0.3) is 15.8 Å². The first-order chi connectivity index (χ1) is 17.8. The summed E-state index contributed by atoms with van der Waals surface area (Å²) in [5, 5.41) is 40.1. The number of nitro groups is 2. The number of nitro benzene ring substituents is 2. The summed E-state index contributed by atoms with van der Waals surface area (Å²) in [5.41, 5.74) is 3.34. The van der Waals surface area contributed by atoms with Gasteiger partial charge in [0.1, 0.15) is 10.0 Å². The molecule has 0 amide bonds. The second-order valence-electron chi connectivity index (χ2n) is 7.41. The number of nitrogens with zero attached hydrogens (tertiary/aromatic N) is 6. The zero-order valence-corrected chi connectivity index (χ0v) is 20.6. The lowest BCUT2D eigenvalue weighted by atomic mass is 10.0. The van der Waals surface area contributed by atoms with Crippen molar-refractivity contribution in [2.75, 3.05) is 5.73 Å². The summed E-state index contributed by atoms with van der Waals surface area (Å²) in [5.74, 6) is -0.791. The molecule has 0 fully saturated rings. The Labute approximate surface area is 221 Å². The van der Waals surface area contributed by atoms with Gasteiger partial charge in [-0.15, -0.1) is 10.2 Å². The summed E-state index contributed by atoms with van der Waals surface area (Å²) in [7, 11) is -5.15. The third-order valence-corrected chi connectivity index (χ3v) is 6.39. The van der Waals surface area contributed by atoms with Crippen LogP contribution in [-0.4, -0.2) is 37.9 Å². The fourth-order valence-corrected chi connectivity index (χ4v) is 4.65. The summed E-state index contributed by atoms with van der Waals surface area (Å²) >= 11 is 11.7. The van der Waals surface area contributed by atoms with Gasteiger partial charge in [-0.3, -0.25) is 24.8 Å². The minimum Gasteiger partial charge on any atom is -0.505 e. The fraction of sp³-hybridized carbons (Fsp3) is 0. The second kappa shape index (κ2) is 9.75. The standard InChI is InChI=1S/C20H11Cl2N7O8S/c21-15-7-13(24-20(22)25-15)8-1-3-10-11(5-8)16(23)19(38(35,36)37)17(18(10)30)27-26-12-4-2-9(28(31)32)6-14(12)29(33)34/h1-7,30H,23H2,(H,35,36,37). The first-order valence-corrected chi connectivity index (χ1v) is 12.1. The first-order valence-electron chi connectivity index (χ1n) is 9.88. The Morgan fingerprint density at radius 2 is 1.66 bits per heavy atom. The molecule has 1 aromatic heterocycles. The lowest BCUT2D eigenvalue weighted by Crippen LogP contribution is -2.05. The quantitative estimate of drug-likeness (QED) is 0.0383. The summed E-state index contributed by atoms with van der Waals surface area (Å²) < 4.78 is 34.4. The highest BCUT2D eigenvalue weighted by molar-refractivity contribution is 7.86. The molecule has 4 rings (SSSR count). The molecule has 18 heteroatoms. The topological polar surface area (TPSA) is 237 Å². The van der Waals surface area contributed by atoms with Crippen molar-refractivity contribution >= 4 is 72.5 Å². The lowest BCUT2D eigenvalue weighted by molar-refractivity contribution is -0.393. The monoisotopic (exact) mass is 579 g/mol. The molecule has 194 valence electrons. The SMILES string of the molecule is Nc1c(S(=O)(=O)O)c(N=Nc2ccc([N+](=O)[O-])cc2[N+](=O)[O-])c(O)c2ccc(-c3cc(Cl)nc(Cl)n3)cc12. The van der Waals surface area contributed by atoms with Crippen LogP contribution in [0.5, 0.6) is 5.75 Å². The van der Waals surface area contributed by atoms with Gasteiger partial charge < -0.3 is 10.8 Å². The molecular weight excluding hydrogens is 569 g/mol. The number of aromatic hydroxyl groups is 1. The van der Waals surface area contributed by atoms with Crippen LogP contribution in [0.3, 0.4) is 0 Å². The van der Waals surface area contributed by atoms with E-state index in [0.29, 0.717) is 11.6 Å². The fourth-order valence-electron chi connectivity index (χ4n) is 3.47. The predicted molar refractivity (Wildman–Crippen MR) is 135 cm³/mol. The van der Waals surface area contributed by atoms with Gasteiger partial charge in [0.05, 0.1) is 27.3 Å². The number of non-ortho nitro benzene ring substituents is 1. The van der Waals surface area contributed by atoms with Gasteiger partial charge in [-0.05, 0) is 29.8 Å². The number of phenolic OH excluding ortho intramolecular Hbond substituents is 1. The molecule has 0 atom stereocenters. The van der Waals surface area contributed by atoms with Gasteiger partial charge >= 0.3 is 5.69 Å². The van der Waals surface area contributed by atoms with Crippen LogP contribution in [0.4, 0.5) is 28.4 Å².